The standard InChI is InChI=1S/C10H20N2O4/c1-2-15-7-4-10(14)12-5-8-16-6-3-9(11)13/h2-8H2,1H3,(H2,11,13)(H,12,14). The molecule has 16 heavy (non-hydrogen) atoms. The van der Waals surface area contributed by atoms with Crippen LogP contribution in [0.15, 0.2) is 0 Å². The number of primary amides is 1. The van der Waals surface area contributed by atoms with E-state index >= 15 is 0 Å². The van der Waals surface area contributed by atoms with Gasteiger partial charge in [-0.2, -0.15) is 0 Å². The van der Waals surface area contributed by atoms with Crippen molar-refractivity contribution in [2.24, 2.45) is 5.73 Å². The van der Waals surface area contributed by atoms with Crippen LogP contribution in [0.4, 0.5) is 0 Å². The molecule has 0 aromatic rings. The Balaban J connectivity index is 3.18. The fourth-order valence-electron chi connectivity index (χ4n) is 0.935. The number of nitrogens with one attached hydrogen (secondary N) is 1. The van der Waals surface area contributed by atoms with Gasteiger partial charge in [0.2, 0.25) is 11.8 Å². The Hall–Kier alpha value is -1.14. The molecule has 6 nitrogen and oxygen atoms in total. The van der Waals surface area contributed by atoms with E-state index in [0.717, 1.165) is 0 Å². The minimum Gasteiger partial charge on any atom is -0.381 e. The number of amides is 2. The minimum absolute atomic E-state index is 0.0630. The zero-order valence-corrected chi connectivity index (χ0v) is 9.66. The van der Waals surface area contributed by atoms with Crippen LogP contribution in [0.3, 0.4) is 0 Å². The van der Waals surface area contributed by atoms with Crippen LogP contribution >= 0.6 is 0 Å². The van der Waals surface area contributed by atoms with Gasteiger partial charge >= 0.3 is 0 Å². The molecule has 0 aromatic heterocycles. The van der Waals surface area contributed by atoms with Gasteiger partial charge in [0.25, 0.3) is 0 Å². The second-order valence-electron chi connectivity index (χ2n) is 3.13. The van der Waals surface area contributed by atoms with Crippen LogP contribution in [0, 0.1) is 0 Å². The molecule has 0 heterocycles. The van der Waals surface area contributed by atoms with Gasteiger partial charge in [-0.3, -0.25) is 9.59 Å². The molecule has 0 bridgehead atoms. The third-order valence-electron chi connectivity index (χ3n) is 1.74. The van der Waals surface area contributed by atoms with Gasteiger partial charge in [0.05, 0.1) is 19.8 Å². The van der Waals surface area contributed by atoms with E-state index in [1.807, 2.05) is 6.92 Å². The number of rotatable bonds is 10. The van der Waals surface area contributed by atoms with Crippen LogP contribution in [-0.2, 0) is 19.1 Å². The number of hydrogen-bond donors (Lipinski definition) is 2. The Kier molecular flexibility index (Phi) is 9.64. The molecule has 0 saturated heterocycles. The lowest BCUT2D eigenvalue weighted by atomic mass is 10.4. The van der Waals surface area contributed by atoms with Crippen molar-refractivity contribution < 1.29 is 19.1 Å². The van der Waals surface area contributed by atoms with Crippen LogP contribution in [0.5, 0.6) is 0 Å². The molecular weight excluding hydrogens is 212 g/mol. The maximum Gasteiger partial charge on any atom is 0.222 e. The molecule has 0 aromatic carbocycles. The summed E-state index contributed by atoms with van der Waals surface area (Å²) in [6.45, 7) is 4.04. The fourth-order valence-corrected chi connectivity index (χ4v) is 0.935. The van der Waals surface area contributed by atoms with Crippen LogP contribution in [-0.4, -0.2) is 44.8 Å². The van der Waals surface area contributed by atoms with E-state index in [9.17, 15) is 9.59 Å². The maximum atomic E-state index is 11.1. The molecule has 94 valence electrons. The highest BCUT2D eigenvalue weighted by Gasteiger charge is 2.00. The maximum absolute atomic E-state index is 11.1. The van der Waals surface area contributed by atoms with Crippen molar-refractivity contribution in [3.63, 3.8) is 0 Å². The van der Waals surface area contributed by atoms with Crippen molar-refractivity contribution in [2.45, 2.75) is 19.8 Å². The summed E-state index contributed by atoms with van der Waals surface area (Å²) in [5, 5.41) is 2.67. The van der Waals surface area contributed by atoms with Crippen molar-refractivity contribution in [1.29, 1.82) is 0 Å². The van der Waals surface area contributed by atoms with Crippen LogP contribution in [0.25, 0.3) is 0 Å². The number of ether oxygens (including phenoxy) is 2. The van der Waals surface area contributed by atoms with Gasteiger partial charge in [0.1, 0.15) is 0 Å². The predicted octanol–water partition coefficient (Wildman–Crippen LogP) is -0.579. The van der Waals surface area contributed by atoms with Crippen molar-refractivity contribution in [3.05, 3.63) is 0 Å². The summed E-state index contributed by atoms with van der Waals surface area (Å²) in [7, 11) is 0. The largest absolute Gasteiger partial charge is 0.381 e. The smallest absolute Gasteiger partial charge is 0.222 e. The number of hydrogen-bond acceptors (Lipinski definition) is 4. The molecule has 6 heteroatoms. The van der Waals surface area contributed by atoms with Gasteiger partial charge in [0.15, 0.2) is 0 Å². The summed E-state index contributed by atoms with van der Waals surface area (Å²) in [5.41, 5.74) is 4.92. The molecule has 0 spiro atoms. The Labute approximate surface area is 95.5 Å². The first-order valence-electron chi connectivity index (χ1n) is 5.37. The average Bonchev–Trinajstić information content (AvgIpc) is 2.23. The molecule has 0 aliphatic rings. The highest BCUT2D eigenvalue weighted by atomic mass is 16.5. The van der Waals surface area contributed by atoms with Gasteiger partial charge in [-0.15, -0.1) is 0 Å². The molecule has 3 N–H and O–H groups in total. The van der Waals surface area contributed by atoms with E-state index in [2.05, 4.69) is 5.32 Å². The minimum atomic E-state index is -0.388. The second-order valence-corrected chi connectivity index (χ2v) is 3.13. The van der Waals surface area contributed by atoms with Gasteiger partial charge in [-0.25, -0.2) is 0 Å². The average molecular weight is 232 g/mol. The van der Waals surface area contributed by atoms with Crippen molar-refractivity contribution in [3.8, 4) is 0 Å². The molecule has 0 rings (SSSR count). The predicted molar refractivity (Wildman–Crippen MR) is 58.8 cm³/mol. The van der Waals surface area contributed by atoms with Crippen molar-refractivity contribution in [2.75, 3.05) is 33.0 Å². The van der Waals surface area contributed by atoms with Gasteiger partial charge in [0, 0.05) is 26.0 Å². The summed E-state index contributed by atoms with van der Waals surface area (Å²) in [6, 6.07) is 0. The zero-order valence-electron chi connectivity index (χ0n) is 9.66. The van der Waals surface area contributed by atoms with E-state index in [1.165, 1.54) is 0 Å². The van der Waals surface area contributed by atoms with E-state index in [-0.39, 0.29) is 18.2 Å². The molecule has 0 unspecified atom stereocenters. The lowest BCUT2D eigenvalue weighted by Crippen LogP contribution is -2.28. The third-order valence-corrected chi connectivity index (χ3v) is 1.74. The normalized spacial score (nSPS) is 10.1. The van der Waals surface area contributed by atoms with E-state index in [0.29, 0.717) is 39.4 Å². The molecule has 0 aliphatic carbocycles. The molecule has 0 fully saturated rings. The topological polar surface area (TPSA) is 90.7 Å². The second kappa shape index (κ2) is 10.4. The highest BCUT2D eigenvalue weighted by Crippen LogP contribution is 1.83. The van der Waals surface area contributed by atoms with Crippen LogP contribution in [0.2, 0.25) is 0 Å². The Morgan fingerprint density at radius 3 is 2.44 bits per heavy atom. The SMILES string of the molecule is CCOCCC(=O)NCCOCCC(N)=O. The Bertz CT molecular complexity index is 209. The Morgan fingerprint density at radius 1 is 1.12 bits per heavy atom. The third kappa shape index (κ3) is 10.9. The lowest BCUT2D eigenvalue weighted by molar-refractivity contribution is -0.123. The summed E-state index contributed by atoms with van der Waals surface area (Å²) in [6.07, 6.45) is 0.563. The summed E-state index contributed by atoms with van der Waals surface area (Å²) < 4.78 is 10.1. The quantitative estimate of drug-likeness (QED) is 0.493. The van der Waals surface area contributed by atoms with E-state index in [4.69, 9.17) is 15.2 Å². The highest BCUT2D eigenvalue weighted by molar-refractivity contribution is 5.75. The summed E-state index contributed by atoms with van der Waals surface area (Å²) in [5.74, 6) is -0.451. The first-order valence-corrected chi connectivity index (χ1v) is 5.37. The van der Waals surface area contributed by atoms with E-state index in [1.54, 1.807) is 0 Å². The summed E-state index contributed by atoms with van der Waals surface area (Å²) >= 11 is 0. The van der Waals surface area contributed by atoms with Crippen LogP contribution in [0.1, 0.15) is 19.8 Å². The van der Waals surface area contributed by atoms with E-state index < -0.39 is 0 Å². The first kappa shape index (κ1) is 14.9. The fraction of sp³-hybridized carbons (Fsp3) is 0.800. The van der Waals surface area contributed by atoms with Crippen LogP contribution < -0.4 is 11.1 Å². The summed E-state index contributed by atoms with van der Waals surface area (Å²) in [4.78, 5) is 21.5. The molecule has 0 atom stereocenters. The van der Waals surface area contributed by atoms with Crippen molar-refractivity contribution >= 4 is 11.8 Å². The number of nitrogens with two attached hydrogens (primary N) is 1. The zero-order chi connectivity index (χ0) is 12.2. The first-order chi connectivity index (χ1) is 7.66. The van der Waals surface area contributed by atoms with Gasteiger partial charge in [-0.05, 0) is 6.92 Å². The lowest BCUT2D eigenvalue weighted by Gasteiger charge is -2.05. The molecular formula is C10H20N2O4. The Morgan fingerprint density at radius 2 is 1.81 bits per heavy atom. The van der Waals surface area contributed by atoms with Gasteiger partial charge < -0.3 is 20.5 Å². The molecule has 0 saturated carbocycles. The molecule has 2 amide bonds. The van der Waals surface area contributed by atoms with Gasteiger partial charge in [-0.1, -0.05) is 0 Å². The molecule has 0 radical (unpaired) electrons. The van der Waals surface area contributed by atoms with Crippen molar-refractivity contribution in [1.82, 2.24) is 5.32 Å². The monoisotopic (exact) mass is 232 g/mol. The number of carbonyl (C=O) groups excluding carboxylic acids is 2. The number of carbonyl (C=O) groups is 2. The molecule has 0 aliphatic heterocycles.